The molecule has 0 saturated carbocycles. The fraction of sp³-hybridized carbons (Fsp3) is 0.514. The highest BCUT2D eigenvalue weighted by atomic mass is 33.1. The van der Waals surface area contributed by atoms with Crippen LogP contribution in [0.5, 0.6) is 0 Å². The molecular weight excluding hydrogens is 725 g/mol. The number of rotatable bonds is 22. The lowest BCUT2D eigenvalue weighted by Crippen LogP contribution is -2.49. The maximum Gasteiger partial charge on any atom is 0.335 e. The summed E-state index contributed by atoms with van der Waals surface area (Å²) in [7, 11) is 9.99. The van der Waals surface area contributed by atoms with E-state index in [4.69, 9.17) is 4.84 Å². The summed E-state index contributed by atoms with van der Waals surface area (Å²) in [6, 6.07) is 7.54. The van der Waals surface area contributed by atoms with Crippen LogP contribution in [0.15, 0.2) is 47.8 Å². The predicted octanol–water partition coefficient (Wildman–Crippen LogP) is 2.17. The van der Waals surface area contributed by atoms with Gasteiger partial charge in [0.15, 0.2) is 0 Å². The Bertz CT molecular complexity index is 1570. The van der Waals surface area contributed by atoms with Crippen LogP contribution < -0.4 is 10.6 Å². The van der Waals surface area contributed by atoms with Gasteiger partial charge >= 0.3 is 5.97 Å². The third kappa shape index (κ3) is 14.4. The standard InChI is InChI=1S/C35H48N8O8S2/c1-40(2)22-20-39-33(48)25-12-10-18-37-32(25)35(50)41(3)21-11-19-38-34(49)26(24-31(47)51-43-29(45)15-16-30(43)46)42(4)28(44)14-6-5-9-23-52-53-27-13-7-8-17-36-27/h7-8,10,12-13,17-18,26H,5-6,9,11,14-16,19-24H2,1-4H3,(H,38,49)(H,39,48)/t26-/m0/s1. The first-order valence-electron chi connectivity index (χ1n) is 17.3. The number of carbonyl (C=O) groups is 7. The minimum absolute atomic E-state index is 0.00260. The number of hydrogen-bond donors (Lipinski definition) is 2. The molecule has 1 aliphatic rings. The van der Waals surface area contributed by atoms with Gasteiger partial charge < -0.3 is 30.2 Å². The zero-order valence-corrected chi connectivity index (χ0v) is 32.2. The van der Waals surface area contributed by atoms with Crippen LogP contribution in [0.25, 0.3) is 0 Å². The molecule has 1 aliphatic heterocycles. The lowest BCUT2D eigenvalue weighted by molar-refractivity contribution is -0.198. The summed E-state index contributed by atoms with van der Waals surface area (Å²) in [5, 5.41) is 6.82. The molecule has 53 heavy (non-hydrogen) atoms. The molecule has 1 atom stereocenters. The molecule has 0 radical (unpaired) electrons. The van der Waals surface area contributed by atoms with E-state index < -0.39 is 48.0 Å². The first-order valence-corrected chi connectivity index (χ1v) is 19.6. The first kappa shape index (κ1) is 42.9. The van der Waals surface area contributed by atoms with Crippen molar-refractivity contribution in [1.29, 1.82) is 0 Å². The Labute approximate surface area is 317 Å². The molecule has 0 bridgehead atoms. The molecule has 18 heteroatoms. The van der Waals surface area contributed by atoms with Gasteiger partial charge in [-0.05, 0) is 68.4 Å². The van der Waals surface area contributed by atoms with E-state index in [2.05, 4.69) is 20.6 Å². The maximum absolute atomic E-state index is 13.4. The molecule has 1 saturated heterocycles. The Morgan fingerprint density at radius 1 is 0.868 bits per heavy atom. The average Bonchev–Trinajstić information content (AvgIpc) is 3.46. The molecule has 288 valence electrons. The summed E-state index contributed by atoms with van der Waals surface area (Å²) in [4.78, 5) is 107. The SMILES string of the molecule is CN(C)CCNC(=O)c1cccnc1C(=O)N(C)CCCNC(=O)[C@H](CC(=O)ON1C(=O)CCC1=O)N(C)C(=O)CCCCCSSc1ccccn1. The van der Waals surface area contributed by atoms with Crippen molar-refractivity contribution in [3.8, 4) is 0 Å². The summed E-state index contributed by atoms with van der Waals surface area (Å²) in [5.74, 6) is -3.36. The molecule has 0 spiro atoms. The van der Waals surface area contributed by atoms with Gasteiger partial charge in [0, 0.05) is 77.7 Å². The molecule has 2 aromatic rings. The van der Waals surface area contributed by atoms with Crippen molar-refractivity contribution in [2.75, 3.05) is 60.1 Å². The number of carbonyl (C=O) groups excluding carboxylic acids is 7. The number of pyridine rings is 2. The summed E-state index contributed by atoms with van der Waals surface area (Å²) >= 11 is 0. The molecule has 0 unspecified atom stereocenters. The summed E-state index contributed by atoms with van der Waals surface area (Å²) in [6.07, 6.45) is 5.07. The van der Waals surface area contributed by atoms with E-state index in [1.165, 1.54) is 29.1 Å². The second-order valence-electron chi connectivity index (χ2n) is 12.5. The number of aromatic nitrogens is 2. The average molecular weight is 773 g/mol. The van der Waals surface area contributed by atoms with Crippen LogP contribution in [-0.4, -0.2) is 137 Å². The van der Waals surface area contributed by atoms with Gasteiger partial charge in [0.2, 0.25) is 11.8 Å². The Morgan fingerprint density at radius 2 is 1.60 bits per heavy atom. The number of nitrogens with zero attached hydrogens (tertiary/aromatic N) is 6. The minimum Gasteiger partial charge on any atom is -0.354 e. The van der Waals surface area contributed by atoms with Gasteiger partial charge in [-0.2, -0.15) is 0 Å². The Balaban J connectivity index is 1.52. The van der Waals surface area contributed by atoms with Crippen LogP contribution in [0.2, 0.25) is 0 Å². The molecular formula is C35H48N8O8S2. The quantitative estimate of drug-likeness (QED) is 0.101. The van der Waals surface area contributed by atoms with Crippen LogP contribution in [-0.2, 0) is 28.8 Å². The first-order chi connectivity index (χ1) is 25.4. The highest BCUT2D eigenvalue weighted by Gasteiger charge is 2.36. The molecule has 0 aromatic carbocycles. The van der Waals surface area contributed by atoms with Crippen molar-refractivity contribution in [1.82, 2.24) is 40.4 Å². The maximum atomic E-state index is 13.4. The number of hydroxylamine groups is 2. The summed E-state index contributed by atoms with van der Waals surface area (Å²) in [5.41, 5.74) is 0.145. The Kier molecular flexibility index (Phi) is 18.2. The highest BCUT2D eigenvalue weighted by molar-refractivity contribution is 8.76. The number of amides is 6. The van der Waals surface area contributed by atoms with Gasteiger partial charge in [0.1, 0.15) is 16.8 Å². The van der Waals surface area contributed by atoms with Crippen molar-refractivity contribution in [3.63, 3.8) is 0 Å². The van der Waals surface area contributed by atoms with Crippen molar-refractivity contribution >= 4 is 63.0 Å². The van der Waals surface area contributed by atoms with Crippen LogP contribution >= 0.6 is 21.6 Å². The molecule has 3 rings (SSSR count). The van der Waals surface area contributed by atoms with E-state index in [0.717, 1.165) is 23.6 Å². The van der Waals surface area contributed by atoms with Crippen molar-refractivity contribution < 1.29 is 38.4 Å². The van der Waals surface area contributed by atoms with Crippen LogP contribution in [0.3, 0.4) is 0 Å². The lowest BCUT2D eigenvalue weighted by Gasteiger charge is -2.27. The van der Waals surface area contributed by atoms with Crippen LogP contribution in [0.1, 0.15) is 72.2 Å². The van der Waals surface area contributed by atoms with Crippen molar-refractivity contribution in [2.24, 2.45) is 0 Å². The number of likely N-dealkylation sites (N-methyl/N-ethyl adjacent to an activating group) is 2. The molecule has 2 aromatic heterocycles. The summed E-state index contributed by atoms with van der Waals surface area (Å²) in [6.45, 7) is 1.29. The molecule has 2 N–H and O–H groups in total. The van der Waals surface area contributed by atoms with Crippen LogP contribution in [0.4, 0.5) is 0 Å². The fourth-order valence-electron chi connectivity index (χ4n) is 5.00. The predicted molar refractivity (Wildman–Crippen MR) is 199 cm³/mol. The Hall–Kier alpha value is -4.55. The van der Waals surface area contributed by atoms with Gasteiger partial charge in [0.25, 0.3) is 23.6 Å². The molecule has 6 amide bonds. The minimum atomic E-state index is -1.28. The van der Waals surface area contributed by atoms with Crippen LogP contribution in [0, 0.1) is 0 Å². The fourth-order valence-corrected chi connectivity index (χ4v) is 7.02. The normalized spacial score (nSPS) is 13.1. The Morgan fingerprint density at radius 3 is 2.30 bits per heavy atom. The van der Waals surface area contributed by atoms with Gasteiger partial charge in [-0.25, -0.2) is 9.78 Å². The lowest BCUT2D eigenvalue weighted by atomic mass is 10.1. The van der Waals surface area contributed by atoms with E-state index in [1.807, 2.05) is 37.2 Å². The zero-order valence-electron chi connectivity index (χ0n) is 30.6. The molecule has 16 nitrogen and oxygen atoms in total. The second-order valence-corrected chi connectivity index (χ2v) is 14.9. The number of hydrogen-bond acceptors (Lipinski definition) is 13. The monoisotopic (exact) mass is 772 g/mol. The smallest absolute Gasteiger partial charge is 0.335 e. The van der Waals surface area contributed by atoms with Gasteiger partial charge in [0.05, 0.1) is 12.0 Å². The van der Waals surface area contributed by atoms with Crippen molar-refractivity contribution in [2.45, 2.75) is 62.4 Å². The second kappa shape index (κ2) is 22.5. The van der Waals surface area contributed by atoms with E-state index >= 15 is 0 Å². The third-order valence-corrected chi connectivity index (χ3v) is 10.4. The third-order valence-electron chi connectivity index (χ3n) is 8.04. The molecule has 1 fully saturated rings. The van der Waals surface area contributed by atoms with Gasteiger partial charge in [-0.1, -0.05) is 23.3 Å². The summed E-state index contributed by atoms with van der Waals surface area (Å²) < 4.78 is 0. The highest BCUT2D eigenvalue weighted by Crippen LogP contribution is 2.29. The van der Waals surface area contributed by atoms with E-state index in [-0.39, 0.29) is 49.5 Å². The molecule has 0 aliphatic carbocycles. The number of unbranched alkanes of at least 4 members (excludes halogenated alkanes) is 2. The van der Waals surface area contributed by atoms with Gasteiger partial charge in [-0.15, -0.1) is 5.06 Å². The number of imide groups is 1. The van der Waals surface area contributed by atoms with E-state index in [9.17, 15) is 33.6 Å². The van der Waals surface area contributed by atoms with Crippen molar-refractivity contribution in [3.05, 3.63) is 54.0 Å². The van der Waals surface area contributed by atoms with E-state index in [1.54, 1.807) is 40.9 Å². The van der Waals surface area contributed by atoms with E-state index in [0.29, 0.717) is 31.0 Å². The molecule has 3 heterocycles. The largest absolute Gasteiger partial charge is 0.354 e. The topological polar surface area (TPSA) is 192 Å². The van der Waals surface area contributed by atoms with Gasteiger partial charge in [-0.3, -0.25) is 33.8 Å². The number of nitrogens with one attached hydrogen (secondary N) is 2. The zero-order chi connectivity index (χ0) is 38.8.